The van der Waals surface area contributed by atoms with Crippen molar-refractivity contribution >= 4 is 29.9 Å². The van der Waals surface area contributed by atoms with Crippen molar-refractivity contribution in [3.05, 3.63) is 18.0 Å². The second-order valence-corrected chi connectivity index (χ2v) is 6.31. The van der Waals surface area contributed by atoms with E-state index in [-0.39, 0.29) is 24.0 Å². The number of morpholine rings is 1. The average molecular weight is 448 g/mol. The Balaban J connectivity index is 0.00000208. The number of likely N-dealkylation sites (tertiary alicyclic amines) is 1. The van der Waals surface area contributed by atoms with E-state index >= 15 is 0 Å². The van der Waals surface area contributed by atoms with Gasteiger partial charge in [-0.05, 0) is 12.0 Å². The first-order valence-corrected chi connectivity index (χ1v) is 8.50. The molecule has 0 spiro atoms. The fourth-order valence-corrected chi connectivity index (χ4v) is 3.36. The Hall–Kier alpha value is -0.870. The predicted octanol–water partition coefficient (Wildman–Crippen LogP) is 0.735. The van der Waals surface area contributed by atoms with E-state index < -0.39 is 0 Å². The molecule has 8 heteroatoms. The summed E-state index contributed by atoms with van der Waals surface area (Å²) in [6.07, 6.45) is 5.28. The first-order valence-electron chi connectivity index (χ1n) is 8.50. The van der Waals surface area contributed by atoms with Crippen molar-refractivity contribution in [2.24, 2.45) is 12.0 Å². The van der Waals surface area contributed by atoms with Crippen LogP contribution in [0.2, 0.25) is 0 Å². The van der Waals surface area contributed by atoms with Gasteiger partial charge in [0.25, 0.3) is 0 Å². The SMILES string of the molecule is CN=C(NCCN1CCOCC1)N1CCC(c2cnn(C)c2)C1.I. The van der Waals surface area contributed by atoms with E-state index in [2.05, 4.69) is 31.4 Å². The minimum Gasteiger partial charge on any atom is -0.379 e. The van der Waals surface area contributed by atoms with Crippen molar-refractivity contribution in [1.29, 1.82) is 0 Å². The summed E-state index contributed by atoms with van der Waals surface area (Å²) in [6, 6.07) is 0. The Morgan fingerprint density at radius 3 is 2.83 bits per heavy atom. The maximum absolute atomic E-state index is 5.38. The zero-order chi connectivity index (χ0) is 16.1. The number of rotatable bonds is 4. The van der Waals surface area contributed by atoms with E-state index in [4.69, 9.17) is 4.74 Å². The van der Waals surface area contributed by atoms with Crippen LogP contribution in [0.3, 0.4) is 0 Å². The van der Waals surface area contributed by atoms with Gasteiger partial charge in [-0.1, -0.05) is 0 Å². The summed E-state index contributed by atoms with van der Waals surface area (Å²) in [7, 11) is 3.84. The molecule has 1 N–H and O–H groups in total. The predicted molar refractivity (Wildman–Crippen MR) is 106 cm³/mol. The third kappa shape index (κ3) is 5.06. The lowest BCUT2D eigenvalue weighted by molar-refractivity contribution is 0.0388. The third-order valence-corrected chi connectivity index (χ3v) is 4.71. The Bertz CT molecular complexity index is 528. The van der Waals surface area contributed by atoms with E-state index in [0.29, 0.717) is 5.92 Å². The summed E-state index contributed by atoms with van der Waals surface area (Å²) in [5.41, 5.74) is 1.33. The van der Waals surface area contributed by atoms with Crippen LogP contribution < -0.4 is 5.32 Å². The highest BCUT2D eigenvalue weighted by molar-refractivity contribution is 14.0. The minimum atomic E-state index is 0. The molecule has 0 aromatic carbocycles. The Morgan fingerprint density at radius 2 is 2.17 bits per heavy atom. The topological polar surface area (TPSA) is 57.9 Å². The van der Waals surface area contributed by atoms with Crippen LogP contribution in [-0.2, 0) is 11.8 Å². The van der Waals surface area contributed by atoms with E-state index in [1.807, 2.05) is 25.0 Å². The molecule has 0 aliphatic carbocycles. The van der Waals surface area contributed by atoms with Crippen molar-refractivity contribution in [1.82, 2.24) is 24.9 Å². The lowest BCUT2D eigenvalue weighted by Crippen LogP contribution is -2.45. The number of aliphatic imine (C=N–C) groups is 1. The molecule has 2 saturated heterocycles. The summed E-state index contributed by atoms with van der Waals surface area (Å²) in [5, 5.41) is 7.80. The highest BCUT2D eigenvalue weighted by atomic mass is 127. The summed E-state index contributed by atoms with van der Waals surface area (Å²) in [4.78, 5) is 9.25. The van der Waals surface area contributed by atoms with Gasteiger partial charge in [-0.2, -0.15) is 5.10 Å². The molecule has 3 rings (SSSR count). The molecule has 0 radical (unpaired) electrons. The van der Waals surface area contributed by atoms with Gasteiger partial charge >= 0.3 is 0 Å². The van der Waals surface area contributed by atoms with Crippen molar-refractivity contribution in [2.75, 3.05) is 59.5 Å². The molecular formula is C16H29IN6O. The van der Waals surface area contributed by atoms with Crippen LogP contribution in [0.25, 0.3) is 0 Å². The Labute approximate surface area is 161 Å². The second kappa shape index (κ2) is 9.57. The molecule has 2 fully saturated rings. The molecule has 1 aromatic heterocycles. The summed E-state index contributed by atoms with van der Waals surface area (Å²) < 4.78 is 7.27. The monoisotopic (exact) mass is 448 g/mol. The molecular weight excluding hydrogens is 419 g/mol. The molecule has 136 valence electrons. The first kappa shape index (κ1) is 19.5. The van der Waals surface area contributed by atoms with Crippen LogP contribution in [0.15, 0.2) is 17.4 Å². The van der Waals surface area contributed by atoms with Gasteiger partial charge in [-0.3, -0.25) is 14.6 Å². The molecule has 2 aliphatic heterocycles. The molecule has 1 unspecified atom stereocenters. The highest BCUT2D eigenvalue weighted by Crippen LogP contribution is 2.26. The number of aromatic nitrogens is 2. The molecule has 0 bridgehead atoms. The largest absolute Gasteiger partial charge is 0.379 e. The number of nitrogens with zero attached hydrogens (tertiary/aromatic N) is 5. The molecule has 0 saturated carbocycles. The van der Waals surface area contributed by atoms with E-state index in [1.54, 1.807) is 0 Å². The fourth-order valence-electron chi connectivity index (χ4n) is 3.36. The number of ether oxygens (including phenoxy) is 1. The van der Waals surface area contributed by atoms with Gasteiger partial charge in [0.2, 0.25) is 0 Å². The third-order valence-electron chi connectivity index (χ3n) is 4.71. The van der Waals surface area contributed by atoms with Gasteiger partial charge in [-0.15, -0.1) is 24.0 Å². The second-order valence-electron chi connectivity index (χ2n) is 6.31. The van der Waals surface area contributed by atoms with Gasteiger partial charge in [0.15, 0.2) is 5.96 Å². The lowest BCUT2D eigenvalue weighted by atomic mass is 10.0. The van der Waals surface area contributed by atoms with E-state index in [0.717, 1.165) is 64.9 Å². The van der Waals surface area contributed by atoms with Crippen LogP contribution >= 0.6 is 24.0 Å². The normalized spacial score (nSPS) is 22.5. The number of hydrogen-bond acceptors (Lipinski definition) is 4. The van der Waals surface area contributed by atoms with E-state index in [1.165, 1.54) is 5.56 Å². The summed E-state index contributed by atoms with van der Waals surface area (Å²) in [5.74, 6) is 1.58. The number of halogens is 1. The molecule has 1 atom stereocenters. The van der Waals surface area contributed by atoms with Crippen LogP contribution in [0.5, 0.6) is 0 Å². The number of hydrogen-bond donors (Lipinski definition) is 1. The van der Waals surface area contributed by atoms with Gasteiger partial charge in [0.05, 0.1) is 19.4 Å². The molecule has 3 heterocycles. The molecule has 0 amide bonds. The fraction of sp³-hybridized carbons (Fsp3) is 0.750. The highest BCUT2D eigenvalue weighted by Gasteiger charge is 2.26. The van der Waals surface area contributed by atoms with Crippen LogP contribution in [0.1, 0.15) is 17.9 Å². The van der Waals surface area contributed by atoms with Gasteiger partial charge in [-0.25, -0.2) is 0 Å². The van der Waals surface area contributed by atoms with Crippen LogP contribution in [0, 0.1) is 0 Å². The smallest absolute Gasteiger partial charge is 0.193 e. The van der Waals surface area contributed by atoms with Gasteiger partial charge in [0, 0.05) is 65.5 Å². The number of guanidine groups is 1. The first-order chi connectivity index (χ1) is 11.3. The summed E-state index contributed by atoms with van der Waals surface area (Å²) >= 11 is 0. The van der Waals surface area contributed by atoms with Gasteiger partial charge < -0.3 is 15.0 Å². The molecule has 7 nitrogen and oxygen atoms in total. The standard InChI is InChI=1S/C16H28N6O.HI/c1-17-16(18-4-6-21-7-9-23-10-8-21)22-5-3-14(13-22)15-11-19-20(2)12-15;/h11-12,14H,3-10,13H2,1-2H3,(H,17,18);1H. The van der Waals surface area contributed by atoms with Crippen molar-refractivity contribution in [3.8, 4) is 0 Å². The van der Waals surface area contributed by atoms with Crippen molar-refractivity contribution in [2.45, 2.75) is 12.3 Å². The van der Waals surface area contributed by atoms with Gasteiger partial charge in [0.1, 0.15) is 0 Å². The summed E-state index contributed by atoms with van der Waals surface area (Å²) in [6.45, 7) is 7.82. The minimum absolute atomic E-state index is 0. The van der Waals surface area contributed by atoms with E-state index in [9.17, 15) is 0 Å². The van der Waals surface area contributed by atoms with Crippen LogP contribution in [-0.4, -0.2) is 85.1 Å². The molecule has 1 aromatic rings. The van der Waals surface area contributed by atoms with Crippen LogP contribution in [0.4, 0.5) is 0 Å². The maximum atomic E-state index is 5.38. The molecule has 24 heavy (non-hydrogen) atoms. The maximum Gasteiger partial charge on any atom is 0.193 e. The Kier molecular flexibility index (Phi) is 7.76. The lowest BCUT2D eigenvalue weighted by Gasteiger charge is -2.28. The zero-order valence-corrected chi connectivity index (χ0v) is 17.0. The van der Waals surface area contributed by atoms with Crippen molar-refractivity contribution in [3.63, 3.8) is 0 Å². The van der Waals surface area contributed by atoms with Crippen molar-refractivity contribution < 1.29 is 4.74 Å². The number of aryl methyl sites for hydroxylation is 1. The quantitative estimate of drug-likeness (QED) is 0.419. The number of nitrogens with one attached hydrogen (secondary N) is 1. The molecule has 2 aliphatic rings. The Morgan fingerprint density at radius 1 is 1.38 bits per heavy atom. The average Bonchev–Trinajstić information content (AvgIpc) is 3.21. The zero-order valence-electron chi connectivity index (χ0n) is 14.6.